The number of benzene rings is 1. The van der Waals surface area contributed by atoms with Gasteiger partial charge in [0.2, 0.25) is 5.91 Å². The van der Waals surface area contributed by atoms with Gasteiger partial charge in [-0.2, -0.15) is 5.10 Å². The van der Waals surface area contributed by atoms with E-state index in [1.54, 1.807) is 15.9 Å². The fourth-order valence-electron chi connectivity index (χ4n) is 3.36. The number of hydrogen-bond donors (Lipinski definition) is 1. The summed E-state index contributed by atoms with van der Waals surface area (Å²) in [5.74, 6) is -0.0512. The van der Waals surface area contributed by atoms with Gasteiger partial charge in [-0.1, -0.05) is 43.2 Å². The van der Waals surface area contributed by atoms with E-state index >= 15 is 0 Å². The molecule has 1 aliphatic rings. The third-order valence-electron chi connectivity index (χ3n) is 4.74. The average Bonchev–Trinajstić information content (AvgIpc) is 3.26. The highest BCUT2D eigenvalue weighted by Gasteiger charge is 2.36. The van der Waals surface area contributed by atoms with Crippen molar-refractivity contribution in [3.05, 3.63) is 48.5 Å². The monoisotopic (exact) mass is 328 g/mol. The summed E-state index contributed by atoms with van der Waals surface area (Å²) in [4.78, 5) is 18.7. The van der Waals surface area contributed by atoms with Crippen LogP contribution in [0.4, 0.5) is 0 Å². The van der Waals surface area contributed by atoms with E-state index in [1.807, 2.05) is 37.3 Å². The number of rotatable bonds is 6. The number of hydrogen-bond acceptors (Lipinski definition) is 4. The molecule has 1 aliphatic carbocycles. The van der Waals surface area contributed by atoms with Crippen LogP contribution in [0.15, 0.2) is 43.0 Å². The second kappa shape index (κ2) is 7.13. The maximum absolute atomic E-state index is 13.0. The third-order valence-corrected chi connectivity index (χ3v) is 4.74. The van der Waals surface area contributed by atoms with Crippen LogP contribution in [0.25, 0.3) is 0 Å². The molecule has 6 heteroatoms. The Bertz CT molecular complexity index is 651. The average molecular weight is 328 g/mol. The Balaban J connectivity index is 1.79. The molecule has 1 fully saturated rings. The molecule has 0 aliphatic heterocycles. The Morgan fingerprint density at radius 1 is 1.33 bits per heavy atom. The molecule has 0 spiro atoms. The van der Waals surface area contributed by atoms with Crippen LogP contribution in [0.5, 0.6) is 0 Å². The highest BCUT2D eigenvalue weighted by atomic mass is 16.3. The highest BCUT2D eigenvalue weighted by Crippen LogP contribution is 2.31. The first kappa shape index (κ1) is 16.6. The molecule has 1 amide bonds. The lowest BCUT2D eigenvalue weighted by Crippen LogP contribution is -2.46. The highest BCUT2D eigenvalue weighted by molar-refractivity contribution is 5.80. The van der Waals surface area contributed by atoms with E-state index in [9.17, 15) is 9.90 Å². The van der Waals surface area contributed by atoms with E-state index in [-0.39, 0.29) is 5.91 Å². The number of aliphatic hydroxyl groups is 1. The van der Waals surface area contributed by atoms with Crippen molar-refractivity contribution in [1.29, 1.82) is 0 Å². The van der Waals surface area contributed by atoms with Crippen molar-refractivity contribution in [2.24, 2.45) is 0 Å². The number of carbonyl (C=O) groups excluding carboxylic acids is 1. The summed E-state index contributed by atoms with van der Waals surface area (Å²) >= 11 is 0. The van der Waals surface area contributed by atoms with Crippen LogP contribution in [0.1, 0.15) is 44.2 Å². The minimum atomic E-state index is -0.771. The van der Waals surface area contributed by atoms with Crippen LogP contribution >= 0.6 is 0 Å². The van der Waals surface area contributed by atoms with E-state index < -0.39 is 11.6 Å². The molecule has 0 saturated heterocycles. The summed E-state index contributed by atoms with van der Waals surface area (Å²) in [6, 6.07) is 9.43. The van der Waals surface area contributed by atoms with Crippen molar-refractivity contribution >= 4 is 5.91 Å². The summed E-state index contributed by atoms with van der Waals surface area (Å²) in [5.41, 5.74) is 0.283. The predicted molar refractivity (Wildman–Crippen MR) is 90.0 cm³/mol. The lowest BCUT2D eigenvalue weighted by atomic mass is 10.0. The molecule has 1 saturated carbocycles. The van der Waals surface area contributed by atoms with Gasteiger partial charge >= 0.3 is 0 Å². The largest absolute Gasteiger partial charge is 0.388 e. The number of aromatic nitrogens is 3. The second-order valence-corrected chi connectivity index (χ2v) is 6.66. The van der Waals surface area contributed by atoms with Crippen molar-refractivity contribution in [1.82, 2.24) is 19.7 Å². The SMILES string of the molecule is CC(C(=O)N(Cc1ccccc1)CC1(O)CCCC1)n1cncn1. The van der Waals surface area contributed by atoms with Gasteiger partial charge in [0.25, 0.3) is 0 Å². The molecular formula is C18H24N4O2. The van der Waals surface area contributed by atoms with Gasteiger partial charge in [-0.15, -0.1) is 0 Å². The van der Waals surface area contributed by atoms with Gasteiger partial charge in [-0.05, 0) is 25.3 Å². The molecule has 3 rings (SSSR count). The lowest BCUT2D eigenvalue weighted by Gasteiger charge is -2.33. The van der Waals surface area contributed by atoms with Gasteiger partial charge < -0.3 is 10.0 Å². The summed E-state index contributed by atoms with van der Waals surface area (Å²) in [6.45, 7) is 2.66. The quantitative estimate of drug-likeness (QED) is 0.882. The molecule has 1 N–H and O–H groups in total. The molecule has 1 atom stereocenters. The molecule has 1 heterocycles. The number of nitrogens with zero attached hydrogens (tertiary/aromatic N) is 4. The smallest absolute Gasteiger partial charge is 0.247 e. The molecule has 1 aromatic carbocycles. The maximum atomic E-state index is 13.0. The zero-order valence-corrected chi connectivity index (χ0v) is 14.0. The zero-order chi connectivity index (χ0) is 17.0. The van der Waals surface area contributed by atoms with Gasteiger partial charge in [0, 0.05) is 13.1 Å². The number of carbonyl (C=O) groups is 1. The van der Waals surface area contributed by atoms with Crippen LogP contribution < -0.4 is 0 Å². The Kier molecular flexibility index (Phi) is 4.94. The van der Waals surface area contributed by atoms with Gasteiger partial charge in [0.15, 0.2) is 0 Å². The topological polar surface area (TPSA) is 71.2 Å². The third kappa shape index (κ3) is 3.82. The Morgan fingerprint density at radius 3 is 2.67 bits per heavy atom. The predicted octanol–water partition coefficient (Wildman–Crippen LogP) is 2.17. The minimum Gasteiger partial charge on any atom is -0.388 e. The zero-order valence-electron chi connectivity index (χ0n) is 14.0. The van der Waals surface area contributed by atoms with Crippen molar-refractivity contribution in [2.75, 3.05) is 6.54 Å². The first-order chi connectivity index (χ1) is 11.6. The summed E-state index contributed by atoms with van der Waals surface area (Å²) in [6.07, 6.45) is 6.51. The Labute approximate surface area is 142 Å². The van der Waals surface area contributed by atoms with Gasteiger partial charge in [0.1, 0.15) is 18.7 Å². The molecule has 128 valence electrons. The first-order valence-electron chi connectivity index (χ1n) is 8.47. The normalized spacial score (nSPS) is 17.6. The Morgan fingerprint density at radius 2 is 2.04 bits per heavy atom. The molecule has 1 aromatic heterocycles. The molecule has 0 radical (unpaired) electrons. The van der Waals surface area contributed by atoms with Crippen LogP contribution in [0.3, 0.4) is 0 Å². The van der Waals surface area contributed by atoms with Crippen molar-refractivity contribution in [3.63, 3.8) is 0 Å². The van der Waals surface area contributed by atoms with Crippen molar-refractivity contribution < 1.29 is 9.90 Å². The summed E-state index contributed by atoms with van der Waals surface area (Å²) in [7, 11) is 0. The molecular weight excluding hydrogens is 304 g/mol. The maximum Gasteiger partial charge on any atom is 0.247 e. The van der Waals surface area contributed by atoms with E-state index in [4.69, 9.17) is 0 Å². The molecule has 0 bridgehead atoms. The summed E-state index contributed by atoms with van der Waals surface area (Å²) < 4.78 is 1.55. The molecule has 6 nitrogen and oxygen atoms in total. The van der Waals surface area contributed by atoms with Gasteiger partial charge in [-0.25, -0.2) is 9.67 Å². The van der Waals surface area contributed by atoms with Crippen LogP contribution in [-0.4, -0.2) is 42.8 Å². The minimum absolute atomic E-state index is 0.0512. The molecule has 1 unspecified atom stereocenters. The van der Waals surface area contributed by atoms with E-state index in [2.05, 4.69) is 10.1 Å². The molecule has 24 heavy (non-hydrogen) atoms. The van der Waals surface area contributed by atoms with Crippen molar-refractivity contribution in [2.45, 2.75) is 50.8 Å². The van der Waals surface area contributed by atoms with Gasteiger partial charge in [0.05, 0.1) is 5.60 Å². The Hall–Kier alpha value is -2.21. The second-order valence-electron chi connectivity index (χ2n) is 6.66. The van der Waals surface area contributed by atoms with E-state index in [0.29, 0.717) is 13.1 Å². The van der Waals surface area contributed by atoms with Crippen LogP contribution in [0, 0.1) is 0 Å². The standard InChI is InChI=1S/C18H24N4O2/c1-15(22-14-19-13-20-22)17(23)21(11-16-7-3-2-4-8-16)12-18(24)9-5-6-10-18/h2-4,7-8,13-15,24H,5-6,9-12H2,1H3. The number of amides is 1. The van der Waals surface area contributed by atoms with Crippen molar-refractivity contribution in [3.8, 4) is 0 Å². The van der Waals surface area contributed by atoms with Gasteiger partial charge in [-0.3, -0.25) is 4.79 Å². The molecule has 2 aromatic rings. The van der Waals surface area contributed by atoms with Crippen LogP contribution in [0.2, 0.25) is 0 Å². The lowest BCUT2D eigenvalue weighted by molar-refractivity contribution is -0.139. The summed E-state index contributed by atoms with van der Waals surface area (Å²) in [5, 5.41) is 14.8. The fourth-order valence-corrected chi connectivity index (χ4v) is 3.36. The van der Waals surface area contributed by atoms with E-state index in [1.165, 1.54) is 6.33 Å². The van der Waals surface area contributed by atoms with Crippen LogP contribution in [-0.2, 0) is 11.3 Å². The fraction of sp³-hybridized carbons (Fsp3) is 0.500. The van der Waals surface area contributed by atoms with E-state index in [0.717, 1.165) is 31.2 Å². The first-order valence-corrected chi connectivity index (χ1v) is 8.47.